The van der Waals surface area contributed by atoms with Crippen LogP contribution in [-0.2, 0) is 6.54 Å². The minimum Gasteiger partial charge on any atom is -0.316 e. The molecule has 1 aliphatic rings. The molecule has 1 aliphatic heterocycles. The third-order valence-corrected chi connectivity index (χ3v) is 3.93. The Bertz CT molecular complexity index is 360. The van der Waals surface area contributed by atoms with Gasteiger partial charge in [-0.1, -0.05) is 6.92 Å². The summed E-state index contributed by atoms with van der Waals surface area (Å²) in [7, 11) is 2.23. The highest BCUT2D eigenvalue weighted by molar-refractivity contribution is 5.14. The summed E-state index contributed by atoms with van der Waals surface area (Å²) in [6, 6.07) is 0.537. The van der Waals surface area contributed by atoms with E-state index in [4.69, 9.17) is 0 Å². The first kappa shape index (κ1) is 13.6. The Hall–Kier alpha value is -0.870. The van der Waals surface area contributed by atoms with Gasteiger partial charge in [-0.2, -0.15) is 5.10 Å². The normalized spacial score (nSPS) is 24.8. The van der Waals surface area contributed by atoms with Crippen molar-refractivity contribution in [2.75, 3.05) is 26.7 Å². The molecule has 2 heterocycles. The smallest absolute Gasteiger partial charge is 0.0537 e. The highest BCUT2D eigenvalue weighted by Crippen LogP contribution is 2.35. The fourth-order valence-corrected chi connectivity index (χ4v) is 2.94. The van der Waals surface area contributed by atoms with Crippen LogP contribution in [0.1, 0.15) is 38.3 Å². The fourth-order valence-electron chi connectivity index (χ4n) is 2.94. The summed E-state index contributed by atoms with van der Waals surface area (Å²) in [5.74, 6) is 0.719. The predicted octanol–water partition coefficient (Wildman–Crippen LogP) is 1.90. The zero-order valence-corrected chi connectivity index (χ0v) is 11.9. The molecule has 0 radical (unpaired) electrons. The fraction of sp³-hybridized carbons (Fsp3) is 0.786. The second kappa shape index (κ2) is 6.34. The minimum atomic E-state index is 0.537. The first-order valence-electron chi connectivity index (χ1n) is 7.19. The van der Waals surface area contributed by atoms with Crippen LogP contribution in [0.15, 0.2) is 12.4 Å². The van der Waals surface area contributed by atoms with Crippen LogP contribution in [-0.4, -0.2) is 41.4 Å². The second-order valence-corrected chi connectivity index (χ2v) is 5.31. The molecule has 1 N–H and O–H groups in total. The number of aryl methyl sites for hydroxylation is 1. The van der Waals surface area contributed by atoms with Crippen molar-refractivity contribution in [2.24, 2.45) is 5.92 Å². The van der Waals surface area contributed by atoms with Crippen molar-refractivity contribution in [3.8, 4) is 0 Å². The second-order valence-electron chi connectivity index (χ2n) is 5.31. The lowest BCUT2D eigenvalue weighted by Crippen LogP contribution is -2.28. The average molecular weight is 250 g/mol. The van der Waals surface area contributed by atoms with Crippen LogP contribution in [0.5, 0.6) is 0 Å². The van der Waals surface area contributed by atoms with Crippen molar-refractivity contribution >= 4 is 0 Å². The summed E-state index contributed by atoms with van der Waals surface area (Å²) in [5.41, 5.74) is 1.38. The summed E-state index contributed by atoms with van der Waals surface area (Å²) >= 11 is 0. The van der Waals surface area contributed by atoms with E-state index in [2.05, 4.69) is 42.4 Å². The van der Waals surface area contributed by atoms with E-state index in [0.29, 0.717) is 6.04 Å². The van der Waals surface area contributed by atoms with Crippen molar-refractivity contribution in [2.45, 2.75) is 39.3 Å². The standard InChI is InChI=1S/C14H26N4/c1-4-7-15-9-12-6-8-17(3)14(12)13-10-16-18(5-2)11-13/h10-12,14-15H,4-9H2,1-3H3. The molecule has 1 fully saturated rings. The SMILES string of the molecule is CCCNCC1CCN(C)C1c1cnn(CC)c1. The van der Waals surface area contributed by atoms with E-state index in [1.807, 2.05) is 10.9 Å². The van der Waals surface area contributed by atoms with E-state index in [-0.39, 0.29) is 0 Å². The Balaban J connectivity index is 2.02. The predicted molar refractivity (Wildman–Crippen MR) is 74.5 cm³/mol. The van der Waals surface area contributed by atoms with E-state index >= 15 is 0 Å². The summed E-state index contributed by atoms with van der Waals surface area (Å²) in [5, 5.41) is 7.98. The molecule has 2 unspecified atom stereocenters. The van der Waals surface area contributed by atoms with E-state index < -0.39 is 0 Å². The number of hydrogen-bond acceptors (Lipinski definition) is 3. The van der Waals surface area contributed by atoms with Crippen LogP contribution >= 0.6 is 0 Å². The molecule has 0 aromatic carbocycles. The van der Waals surface area contributed by atoms with Crippen LogP contribution in [0.3, 0.4) is 0 Å². The van der Waals surface area contributed by atoms with E-state index in [1.54, 1.807) is 0 Å². The Kier molecular flexibility index (Phi) is 4.78. The van der Waals surface area contributed by atoms with Crippen LogP contribution in [0.4, 0.5) is 0 Å². The van der Waals surface area contributed by atoms with Gasteiger partial charge in [0.15, 0.2) is 0 Å². The summed E-state index contributed by atoms with van der Waals surface area (Å²) in [6.45, 7) is 8.75. The van der Waals surface area contributed by atoms with Gasteiger partial charge in [-0.05, 0) is 52.4 Å². The van der Waals surface area contributed by atoms with Gasteiger partial charge in [-0.25, -0.2) is 0 Å². The lowest BCUT2D eigenvalue weighted by molar-refractivity contribution is 0.272. The van der Waals surface area contributed by atoms with Crippen LogP contribution in [0, 0.1) is 5.92 Å². The molecule has 0 amide bonds. The van der Waals surface area contributed by atoms with Gasteiger partial charge in [0.1, 0.15) is 0 Å². The lowest BCUT2D eigenvalue weighted by atomic mass is 9.96. The summed E-state index contributed by atoms with van der Waals surface area (Å²) in [6.07, 6.45) is 6.75. The zero-order chi connectivity index (χ0) is 13.0. The largest absolute Gasteiger partial charge is 0.316 e. The first-order valence-corrected chi connectivity index (χ1v) is 7.19. The van der Waals surface area contributed by atoms with E-state index in [0.717, 1.165) is 25.6 Å². The molecule has 0 bridgehead atoms. The molecule has 102 valence electrons. The Morgan fingerprint density at radius 1 is 1.44 bits per heavy atom. The molecule has 4 nitrogen and oxygen atoms in total. The maximum Gasteiger partial charge on any atom is 0.0537 e. The first-order chi connectivity index (χ1) is 8.76. The summed E-state index contributed by atoms with van der Waals surface area (Å²) < 4.78 is 2.03. The molecule has 0 saturated carbocycles. The van der Waals surface area contributed by atoms with Crippen molar-refractivity contribution in [3.05, 3.63) is 18.0 Å². The molecule has 18 heavy (non-hydrogen) atoms. The maximum atomic E-state index is 4.41. The number of hydrogen-bond donors (Lipinski definition) is 1. The van der Waals surface area contributed by atoms with Crippen molar-refractivity contribution in [3.63, 3.8) is 0 Å². The van der Waals surface area contributed by atoms with Crippen LogP contribution < -0.4 is 5.32 Å². The third kappa shape index (κ3) is 2.93. The molecule has 2 atom stereocenters. The topological polar surface area (TPSA) is 33.1 Å². The number of nitrogens with one attached hydrogen (secondary N) is 1. The summed E-state index contributed by atoms with van der Waals surface area (Å²) in [4.78, 5) is 2.47. The Morgan fingerprint density at radius 3 is 2.94 bits per heavy atom. The van der Waals surface area contributed by atoms with Gasteiger partial charge in [-0.3, -0.25) is 9.58 Å². The van der Waals surface area contributed by atoms with Gasteiger partial charge in [-0.15, -0.1) is 0 Å². The Labute approximate surface area is 110 Å². The monoisotopic (exact) mass is 250 g/mol. The molecule has 1 aromatic rings. The van der Waals surface area contributed by atoms with Crippen molar-refractivity contribution < 1.29 is 0 Å². The van der Waals surface area contributed by atoms with Gasteiger partial charge >= 0.3 is 0 Å². The van der Waals surface area contributed by atoms with Crippen LogP contribution in [0.25, 0.3) is 0 Å². The van der Waals surface area contributed by atoms with Crippen molar-refractivity contribution in [1.29, 1.82) is 0 Å². The molecule has 0 aliphatic carbocycles. The van der Waals surface area contributed by atoms with E-state index in [9.17, 15) is 0 Å². The zero-order valence-electron chi connectivity index (χ0n) is 11.9. The average Bonchev–Trinajstić information content (AvgIpc) is 2.96. The highest BCUT2D eigenvalue weighted by Gasteiger charge is 2.33. The molecule has 1 aromatic heterocycles. The molecule has 4 heteroatoms. The molecule has 0 spiro atoms. The van der Waals surface area contributed by atoms with Gasteiger partial charge < -0.3 is 5.32 Å². The van der Waals surface area contributed by atoms with Crippen molar-refractivity contribution in [1.82, 2.24) is 20.0 Å². The highest BCUT2D eigenvalue weighted by atomic mass is 15.3. The van der Waals surface area contributed by atoms with Gasteiger partial charge in [0, 0.05) is 24.3 Å². The lowest BCUT2D eigenvalue weighted by Gasteiger charge is -2.24. The molecule has 2 rings (SSSR count). The number of likely N-dealkylation sites (tertiary alicyclic amines) is 1. The number of rotatable bonds is 6. The Morgan fingerprint density at radius 2 is 2.28 bits per heavy atom. The molecular weight excluding hydrogens is 224 g/mol. The van der Waals surface area contributed by atoms with E-state index in [1.165, 1.54) is 24.9 Å². The maximum absolute atomic E-state index is 4.41. The number of aromatic nitrogens is 2. The minimum absolute atomic E-state index is 0.537. The quantitative estimate of drug-likeness (QED) is 0.783. The van der Waals surface area contributed by atoms with Gasteiger partial charge in [0.2, 0.25) is 0 Å². The number of nitrogens with zero attached hydrogens (tertiary/aromatic N) is 3. The molecular formula is C14H26N4. The molecule has 1 saturated heterocycles. The third-order valence-electron chi connectivity index (χ3n) is 3.93. The van der Waals surface area contributed by atoms with Crippen LogP contribution in [0.2, 0.25) is 0 Å². The van der Waals surface area contributed by atoms with Gasteiger partial charge in [0.25, 0.3) is 0 Å². The van der Waals surface area contributed by atoms with Gasteiger partial charge in [0.05, 0.1) is 6.20 Å².